The van der Waals surface area contributed by atoms with Crippen molar-refractivity contribution < 1.29 is 34.3 Å². The van der Waals surface area contributed by atoms with E-state index in [1.54, 1.807) is 6.07 Å². The zero-order valence-electron chi connectivity index (χ0n) is 90.4. The Kier molecular flexibility index (Phi) is 28.3. The molecule has 0 spiro atoms. The van der Waals surface area contributed by atoms with Gasteiger partial charge < -0.3 is 0 Å². The molecule has 1 atom stereocenters. The third-order valence-electron chi connectivity index (χ3n) is 27.5. The average Bonchev–Trinajstić information content (AvgIpc) is 0.761. The molecule has 0 fully saturated rings. The molecule has 0 bridgehead atoms. The van der Waals surface area contributed by atoms with Gasteiger partial charge in [0.25, 0.3) is 0 Å². The van der Waals surface area contributed by atoms with Gasteiger partial charge in [-0.15, -0.1) is 0 Å². The third-order valence-corrected chi connectivity index (χ3v) is 27.5. The molecule has 0 aliphatic carbocycles. The summed E-state index contributed by atoms with van der Waals surface area (Å²) in [6, 6.07) is 83.2. The van der Waals surface area contributed by atoms with Gasteiger partial charge in [0.15, 0.2) is 37.2 Å². The van der Waals surface area contributed by atoms with E-state index in [1.807, 2.05) is 45.3 Å². The largest absolute Gasteiger partial charge is 0.220 e. The van der Waals surface area contributed by atoms with Crippen molar-refractivity contribution in [3.8, 4) is 67.5 Å². The molecule has 678 valence electrons. The van der Waals surface area contributed by atoms with Crippen molar-refractivity contribution in [2.24, 2.45) is 48.2 Å². The Balaban J connectivity index is 0.000000140. The van der Waals surface area contributed by atoms with Gasteiger partial charge in [-0.3, -0.25) is 0 Å². The molecule has 0 saturated heterocycles. The van der Waals surface area contributed by atoms with Crippen LogP contribution < -0.4 is 27.4 Å². The molecule has 18 rings (SSSR count). The quantitative estimate of drug-likeness (QED) is 0.115. The fraction of sp³-hybridized carbons (Fsp3) is 0.291. The molecule has 0 aliphatic rings. The summed E-state index contributed by atoms with van der Waals surface area (Å²) in [7, 11) is 12.7. The lowest BCUT2D eigenvalue weighted by molar-refractivity contribution is -0.659. The van der Waals surface area contributed by atoms with E-state index < -0.39 is 18.6 Å². The normalized spacial score (nSPS) is 12.5. The molecule has 0 amide bonds. The number of fused-ring (bicyclic) bond motifs is 6. The zero-order chi connectivity index (χ0) is 100. The second kappa shape index (κ2) is 41.5. The smallest absolute Gasteiger partial charge is 0.200 e. The van der Waals surface area contributed by atoms with E-state index >= 15 is 0 Å². The summed E-state index contributed by atoms with van der Waals surface area (Å²) in [6.45, 7) is 51.3. The van der Waals surface area contributed by atoms with Crippen LogP contribution in [0.4, 0.5) is 0 Å². The highest BCUT2D eigenvalue weighted by atomic mass is 14.9. The van der Waals surface area contributed by atoms with Crippen LogP contribution in [0.5, 0.6) is 0 Å². The van der Waals surface area contributed by atoms with Crippen LogP contribution in [0.25, 0.3) is 132 Å². The molecule has 6 heterocycles. The topological polar surface area (TPSA) is 23.3 Å². The minimum absolute atomic E-state index is 0.506. The van der Waals surface area contributed by atoms with E-state index in [1.165, 1.54) is 234 Å². The molecule has 0 saturated carbocycles. The van der Waals surface area contributed by atoms with Crippen molar-refractivity contribution >= 4 is 64.6 Å². The van der Waals surface area contributed by atoms with Gasteiger partial charge in [-0.25, -0.2) is 27.4 Å². The third kappa shape index (κ3) is 21.6. The minimum Gasteiger partial charge on any atom is -0.200 e. The van der Waals surface area contributed by atoms with Gasteiger partial charge in [0, 0.05) is 43.3 Å². The number of hydrogen-bond acceptors (Lipinski definition) is 0. The van der Waals surface area contributed by atoms with Crippen LogP contribution in [0.15, 0.2) is 268 Å². The molecule has 0 N–H and O–H groups in total. The average molecular weight is 1760 g/mol. The molecule has 12 aromatic carbocycles. The summed E-state index contributed by atoms with van der Waals surface area (Å²) in [5.74, 6) is -0.986. The Morgan fingerprint density at radius 1 is 0.233 bits per heavy atom. The Labute approximate surface area is 803 Å². The van der Waals surface area contributed by atoms with Gasteiger partial charge in [0.05, 0.1) is 65.7 Å². The van der Waals surface area contributed by atoms with Crippen LogP contribution in [0.2, 0.25) is 0 Å². The zero-order valence-corrected chi connectivity index (χ0v) is 85.4. The predicted molar refractivity (Wildman–Crippen MR) is 569 cm³/mol. The van der Waals surface area contributed by atoms with Crippen molar-refractivity contribution in [2.75, 3.05) is 0 Å². The molecule has 6 nitrogen and oxygen atoms in total. The number of pyridine rings is 6. The van der Waals surface area contributed by atoms with Gasteiger partial charge in [-0.2, -0.15) is 0 Å². The molecule has 0 aliphatic heterocycles. The molecular formula is C127H146N6+6. The molecule has 6 heteroatoms. The Bertz CT molecular complexity index is 7570. The summed E-state index contributed by atoms with van der Waals surface area (Å²) >= 11 is 0. The van der Waals surface area contributed by atoms with Crippen molar-refractivity contribution in [1.82, 2.24) is 0 Å². The van der Waals surface area contributed by atoms with Gasteiger partial charge in [-0.1, -0.05) is 210 Å². The van der Waals surface area contributed by atoms with Crippen molar-refractivity contribution in [2.45, 2.75) is 204 Å². The van der Waals surface area contributed by atoms with Gasteiger partial charge in [-0.05, 0) is 349 Å². The standard InChI is InChI=1S/C23H28N.3C22H26N.2C19H20N/c1-15(2)11-19-7-8-21-20(14-19)9-10-24(6)23(21)22-13-16(3)12-17(4)18(22)5;3*1-14(2)18-7-8-20-19(13-18)9-10-23(6)22(20)21-12-15(3)11-16(4)17(21)5;2*1-13-11-14(2)15(3)18(12-13)19-17-8-6-5-7-16(17)9-10-20(19)4/h7-10,12-15H,11H2,1-6H3;3*7-14H,1-6H3;2*5-12H,1-4H3/q6*+1/i;1D3,14D;14D;;;. The number of benzene rings is 12. The van der Waals surface area contributed by atoms with Gasteiger partial charge >= 0.3 is 0 Å². The summed E-state index contributed by atoms with van der Waals surface area (Å²) in [4.78, 5) is 0. The van der Waals surface area contributed by atoms with Gasteiger partial charge in [0.1, 0.15) is 42.3 Å². The first kappa shape index (κ1) is 90.6. The molecule has 0 radical (unpaired) electrons. The lowest BCUT2D eigenvalue weighted by Crippen LogP contribution is -2.30. The van der Waals surface area contributed by atoms with Crippen LogP contribution in [0, 0.1) is 131 Å². The van der Waals surface area contributed by atoms with E-state index in [0.29, 0.717) is 17.4 Å². The Hall–Kier alpha value is -12.9. The minimum atomic E-state index is -2.38. The van der Waals surface area contributed by atoms with Crippen LogP contribution >= 0.6 is 0 Å². The first-order chi connectivity index (χ1) is 65.0. The molecule has 1 unspecified atom stereocenters. The Morgan fingerprint density at radius 3 is 0.714 bits per heavy atom. The molecular weight excluding hydrogens is 1610 g/mol. The highest BCUT2D eigenvalue weighted by molar-refractivity contribution is 5.99. The van der Waals surface area contributed by atoms with E-state index in [0.717, 1.165) is 28.5 Å². The first-order valence-corrected chi connectivity index (χ1v) is 47.5. The van der Waals surface area contributed by atoms with Crippen LogP contribution in [-0.4, -0.2) is 0 Å². The Morgan fingerprint density at radius 2 is 0.459 bits per heavy atom. The number of aryl methyl sites for hydroxylation is 18. The maximum atomic E-state index is 8.38. The maximum absolute atomic E-state index is 8.38. The predicted octanol–water partition coefficient (Wildman–Crippen LogP) is 30.1. The van der Waals surface area contributed by atoms with E-state index in [-0.39, 0.29) is 0 Å². The number of hydrogen-bond donors (Lipinski definition) is 0. The SMILES string of the molecule is Cc1cc(C)c(C)c(-c2c3ccc(C(C)C)cc3cc[n+]2C)c1.Cc1cc(C)c(C)c(-c2c3ccc(CC(C)C)cc3cc[n+]2C)c1.Cc1cc(C)c(C)c(-c2c3ccccc3cc[n+]2C)c1.Cc1cc(C)c(C)c(-c2c3ccccc3cc[n+]2C)c1.[2H]C(C)(C)c1ccc2c(-c3cc(C)cc(C)c3C)[n+](C)ccc2c1.[2H]C([2H])([2H])C([2H])(C)c1ccc2c(-c3cc(C)cc(C)c3C)[n+](C)ccc2c1. The van der Waals surface area contributed by atoms with Crippen LogP contribution in [0.1, 0.15) is 202 Å². The fourth-order valence-electron chi connectivity index (χ4n) is 19.4. The van der Waals surface area contributed by atoms with Gasteiger partial charge in [0.2, 0.25) is 34.2 Å². The van der Waals surface area contributed by atoms with Crippen molar-refractivity contribution in [3.63, 3.8) is 0 Å². The van der Waals surface area contributed by atoms with E-state index in [4.69, 9.17) is 6.85 Å². The molecule has 133 heavy (non-hydrogen) atoms. The van der Waals surface area contributed by atoms with E-state index in [9.17, 15) is 0 Å². The van der Waals surface area contributed by atoms with Crippen molar-refractivity contribution in [3.05, 3.63) is 390 Å². The highest BCUT2D eigenvalue weighted by Gasteiger charge is 2.27. The van der Waals surface area contributed by atoms with Crippen LogP contribution in [-0.2, 0) is 48.7 Å². The molecule has 18 aromatic rings. The first-order valence-electron chi connectivity index (χ1n) is 50.0. The number of nitrogens with zero attached hydrogens (tertiary/aromatic N) is 6. The summed E-state index contributed by atoms with van der Waals surface area (Å²) < 4.78 is 53.1. The van der Waals surface area contributed by atoms with Crippen molar-refractivity contribution in [1.29, 1.82) is 0 Å². The highest BCUT2D eigenvalue weighted by Crippen LogP contribution is 2.39. The second-order valence-electron chi connectivity index (χ2n) is 39.1. The lowest BCUT2D eigenvalue weighted by atomic mass is 9.93. The number of rotatable bonds is 11. The lowest BCUT2D eigenvalue weighted by Gasteiger charge is -2.12. The summed E-state index contributed by atoms with van der Waals surface area (Å²) in [5.41, 5.74) is 43.6. The van der Waals surface area contributed by atoms with E-state index in [2.05, 4.69) is 452 Å². The summed E-state index contributed by atoms with van der Waals surface area (Å²) in [5, 5.41) is 14.9. The fourth-order valence-corrected chi connectivity index (χ4v) is 19.4. The maximum Gasteiger partial charge on any atom is 0.220 e. The molecule has 6 aromatic heterocycles. The van der Waals surface area contributed by atoms with Crippen LogP contribution in [0.3, 0.4) is 0 Å². The summed E-state index contributed by atoms with van der Waals surface area (Å²) in [6.07, 6.45) is 13.9. The second-order valence-corrected chi connectivity index (χ2v) is 39.1. The monoisotopic (exact) mass is 1760 g/mol. The number of aromatic nitrogens is 6.